The molecular formula is C11H17FN2. The zero-order chi connectivity index (χ0) is 10.8. The van der Waals surface area contributed by atoms with Crippen LogP contribution in [0.25, 0.3) is 0 Å². The SMILES string of the molecule is CC(C)(C)C[C@H](N)c1cccnc1F. The van der Waals surface area contributed by atoms with Gasteiger partial charge in [-0.1, -0.05) is 26.8 Å². The Kier molecular flexibility index (Phi) is 3.21. The summed E-state index contributed by atoms with van der Waals surface area (Å²) in [6, 6.07) is 3.13. The van der Waals surface area contributed by atoms with Crippen LogP contribution in [0.3, 0.4) is 0 Å². The van der Waals surface area contributed by atoms with Crippen molar-refractivity contribution >= 4 is 0 Å². The molecule has 2 N–H and O–H groups in total. The number of nitrogens with zero attached hydrogens (tertiary/aromatic N) is 1. The maximum absolute atomic E-state index is 13.2. The predicted molar refractivity (Wildman–Crippen MR) is 55.2 cm³/mol. The molecule has 3 heteroatoms. The van der Waals surface area contributed by atoms with Crippen molar-refractivity contribution in [1.29, 1.82) is 0 Å². The standard InChI is InChI=1S/C11H17FN2/c1-11(2,3)7-9(13)8-5-4-6-14-10(8)12/h4-6,9H,7,13H2,1-3H3/t9-/m0/s1. The highest BCUT2D eigenvalue weighted by Gasteiger charge is 2.19. The van der Waals surface area contributed by atoms with Gasteiger partial charge in [0.25, 0.3) is 0 Å². The summed E-state index contributed by atoms with van der Waals surface area (Å²) in [6.45, 7) is 6.25. The van der Waals surface area contributed by atoms with Gasteiger partial charge in [-0.15, -0.1) is 0 Å². The van der Waals surface area contributed by atoms with E-state index >= 15 is 0 Å². The third kappa shape index (κ3) is 3.07. The minimum absolute atomic E-state index is 0.0989. The molecule has 0 aliphatic carbocycles. The smallest absolute Gasteiger partial charge is 0.217 e. The molecule has 1 atom stereocenters. The lowest BCUT2D eigenvalue weighted by Gasteiger charge is -2.23. The maximum atomic E-state index is 13.2. The molecule has 0 aromatic carbocycles. The Morgan fingerprint density at radius 2 is 2.14 bits per heavy atom. The highest BCUT2D eigenvalue weighted by atomic mass is 19.1. The number of nitrogens with two attached hydrogens (primary N) is 1. The van der Waals surface area contributed by atoms with Gasteiger partial charge in [-0.25, -0.2) is 4.98 Å². The summed E-state index contributed by atoms with van der Waals surface area (Å²) in [5.74, 6) is -0.454. The van der Waals surface area contributed by atoms with Crippen LogP contribution in [0.1, 0.15) is 38.8 Å². The largest absolute Gasteiger partial charge is 0.324 e. The lowest BCUT2D eigenvalue weighted by molar-refractivity contribution is 0.337. The van der Waals surface area contributed by atoms with E-state index in [1.165, 1.54) is 6.20 Å². The van der Waals surface area contributed by atoms with E-state index in [9.17, 15) is 4.39 Å². The average Bonchev–Trinajstić information content (AvgIpc) is 2.01. The van der Waals surface area contributed by atoms with Crippen LogP contribution in [-0.4, -0.2) is 4.98 Å². The fourth-order valence-electron chi connectivity index (χ4n) is 1.44. The van der Waals surface area contributed by atoms with E-state index in [1.54, 1.807) is 12.1 Å². The zero-order valence-corrected chi connectivity index (χ0v) is 8.92. The lowest BCUT2D eigenvalue weighted by atomic mass is 9.86. The molecule has 0 aliphatic rings. The van der Waals surface area contributed by atoms with Gasteiger partial charge < -0.3 is 5.73 Å². The second kappa shape index (κ2) is 4.05. The summed E-state index contributed by atoms with van der Waals surface area (Å²) in [5.41, 5.74) is 6.50. The number of halogens is 1. The Morgan fingerprint density at radius 1 is 1.50 bits per heavy atom. The summed E-state index contributed by atoms with van der Waals surface area (Å²) >= 11 is 0. The van der Waals surface area contributed by atoms with Crippen LogP contribution in [0.15, 0.2) is 18.3 Å². The van der Waals surface area contributed by atoms with Crippen molar-refractivity contribution < 1.29 is 4.39 Å². The molecule has 0 saturated heterocycles. The van der Waals surface area contributed by atoms with Gasteiger partial charge in [0.05, 0.1) is 0 Å². The van der Waals surface area contributed by atoms with Crippen LogP contribution in [-0.2, 0) is 0 Å². The second-order valence-corrected chi connectivity index (χ2v) is 4.75. The van der Waals surface area contributed by atoms with Crippen molar-refractivity contribution in [1.82, 2.24) is 4.98 Å². The Labute approximate surface area is 84.3 Å². The predicted octanol–water partition coefficient (Wildman–Crippen LogP) is 2.66. The van der Waals surface area contributed by atoms with E-state index in [2.05, 4.69) is 25.8 Å². The normalized spacial score (nSPS) is 14.1. The first-order valence-electron chi connectivity index (χ1n) is 4.76. The monoisotopic (exact) mass is 196 g/mol. The topological polar surface area (TPSA) is 38.9 Å². The minimum Gasteiger partial charge on any atom is -0.324 e. The van der Waals surface area contributed by atoms with Gasteiger partial charge in [-0.3, -0.25) is 0 Å². The molecule has 14 heavy (non-hydrogen) atoms. The molecule has 1 heterocycles. The highest BCUT2D eigenvalue weighted by molar-refractivity contribution is 5.15. The summed E-state index contributed by atoms with van der Waals surface area (Å²) in [6.07, 6.45) is 2.18. The van der Waals surface area contributed by atoms with Gasteiger partial charge in [-0.2, -0.15) is 4.39 Å². The van der Waals surface area contributed by atoms with Crippen LogP contribution in [0, 0.1) is 11.4 Å². The number of hydrogen-bond acceptors (Lipinski definition) is 2. The number of hydrogen-bond donors (Lipinski definition) is 1. The molecule has 2 nitrogen and oxygen atoms in total. The first-order chi connectivity index (χ1) is 6.40. The van der Waals surface area contributed by atoms with Crippen LogP contribution >= 0.6 is 0 Å². The average molecular weight is 196 g/mol. The first kappa shape index (κ1) is 11.1. The molecule has 0 spiro atoms. The van der Waals surface area contributed by atoms with Gasteiger partial charge in [0.2, 0.25) is 5.95 Å². The van der Waals surface area contributed by atoms with E-state index in [1.807, 2.05) is 0 Å². The van der Waals surface area contributed by atoms with Crippen LogP contribution in [0.4, 0.5) is 4.39 Å². The lowest BCUT2D eigenvalue weighted by Crippen LogP contribution is -2.20. The minimum atomic E-state index is -0.454. The molecule has 78 valence electrons. The molecule has 0 fully saturated rings. The molecule has 0 bridgehead atoms. The maximum Gasteiger partial charge on any atom is 0.217 e. The molecular weight excluding hydrogens is 179 g/mol. The third-order valence-electron chi connectivity index (χ3n) is 2.02. The van der Waals surface area contributed by atoms with Crippen LogP contribution in [0.2, 0.25) is 0 Å². The molecule has 0 amide bonds. The van der Waals surface area contributed by atoms with Gasteiger partial charge in [0.15, 0.2) is 0 Å². The van der Waals surface area contributed by atoms with Crippen molar-refractivity contribution in [2.75, 3.05) is 0 Å². The number of aromatic nitrogens is 1. The summed E-state index contributed by atoms with van der Waals surface area (Å²) in [7, 11) is 0. The quantitative estimate of drug-likeness (QED) is 0.738. The summed E-state index contributed by atoms with van der Waals surface area (Å²) < 4.78 is 13.2. The summed E-state index contributed by atoms with van der Waals surface area (Å²) in [5, 5.41) is 0. The fourth-order valence-corrected chi connectivity index (χ4v) is 1.44. The Hall–Kier alpha value is -0.960. The zero-order valence-electron chi connectivity index (χ0n) is 8.92. The van der Waals surface area contributed by atoms with Crippen molar-refractivity contribution in [3.8, 4) is 0 Å². The van der Waals surface area contributed by atoms with Gasteiger partial charge in [0, 0.05) is 17.8 Å². The molecule has 1 rings (SSSR count). The van der Waals surface area contributed by atoms with Gasteiger partial charge in [-0.05, 0) is 17.9 Å². The van der Waals surface area contributed by atoms with E-state index in [4.69, 9.17) is 5.73 Å². The first-order valence-corrected chi connectivity index (χ1v) is 4.76. The number of rotatable bonds is 2. The Morgan fingerprint density at radius 3 is 2.64 bits per heavy atom. The Bertz CT molecular complexity index is 304. The van der Waals surface area contributed by atoms with Crippen molar-refractivity contribution in [3.05, 3.63) is 29.8 Å². The summed E-state index contributed by atoms with van der Waals surface area (Å²) in [4.78, 5) is 3.58. The van der Waals surface area contributed by atoms with Crippen LogP contribution < -0.4 is 5.73 Å². The third-order valence-corrected chi connectivity index (χ3v) is 2.02. The van der Waals surface area contributed by atoms with Gasteiger partial charge in [0.1, 0.15) is 0 Å². The molecule has 0 saturated carbocycles. The molecule has 1 aromatic rings. The molecule has 0 unspecified atom stereocenters. The Balaban J connectivity index is 2.80. The van der Waals surface area contributed by atoms with E-state index in [-0.39, 0.29) is 11.5 Å². The highest BCUT2D eigenvalue weighted by Crippen LogP contribution is 2.28. The van der Waals surface area contributed by atoms with Gasteiger partial charge >= 0.3 is 0 Å². The molecule has 0 radical (unpaired) electrons. The van der Waals surface area contributed by atoms with Crippen molar-refractivity contribution in [2.45, 2.75) is 33.2 Å². The van der Waals surface area contributed by atoms with E-state index in [0.717, 1.165) is 6.42 Å². The van der Waals surface area contributed by atoms with E-state index < -0.39 is 5.95 Å². The molecule has 1 aromatic heterocycles. The van der Waals surface area contributed by atoms with Crippen LogP contribution in [0.5, 0.6) is 0 Å². The molecule has 0 aliphatic heterocycles. The fraction of sp³-hybridized carbons (Fsp3) is 0.545. The van der Waals surface area contributed by atoms with Crippen molar-refractivity contribution in [3.63, 3.8) is 0 Å². The second-order valence-electron chi connectivity index (χ2n) is 4.75. The van der Waals surface area contributed by atoms with Crippen molar-refractivity contribution in [2.24, 2.45) is 11.1 Å². The van der Waals surface area contributed by atoms with E-state index in [0.29, 0.717) is 5.56 Å². The number of pyridine rings is 1.